The van der Waals surface area contributed by atoms with Gasteiger partial charge in [-0.2, -0.15) is 10.1 Å². The number of halogens is 3. The molecule has 0 spiro atoms. The lowest BCUT2D eigenvalue weighted by molar-refractivity contribution is -0.118. The van der Waals surface area contributed by atoms with Gasteiger partial charge in [-0.15, -0.1) is 12.4 Å². The Hall–Kier alpha value is -1.54. The van der Waals surface area contributed by atoms with Crippen molar-refractivity contribution >= 4 is 47.5 Å². The van der Waals surface area contributed by atoms with Gasteiger partial charge in [0.05, 0.1) is 5.02 Å². The number of hydrogen-bond acceptors (Lipinski definition) is 5. The first-order valence-electron chi connectivity index (χ1n) is 8.02. The maximum absolute atomic E-state index is 12.1. The van der Waals surface area contributed by atoms with E-state index in [4.69, 9.17) is 27.9 Å². The van der Waals surface area contributed by atoms with E-state index in [0.29, 0.717) is 27.7 Å². The van der Waals surface area contributed by atoms with E-state index in [1.54, 1.807) is 29.9 Å². The van der Waals surface area contributed by atoms with Crippen molar-refractivity contribution < 1.29 is 9.53 Å². The number of aryl methyl sites for hydroxylation is 1. The fourth-order valence-electron chi connectivity index (χ4n) is 2.66. The molecule has 1 amide bonds. The van der Waals surface area contributed by atoms with Crippen LogP contribution in [0.15, 0.2) is 18.2 Å². The van der Waals surface area contributed by atoms with Crippen molar-refractivity contribution in [3.63, 3.8) is 0 Å². The Labute approximate surface area is 167 Å². The molecule has 0 aliphatic carbocycles. The fourth-order valence-corrected chi connectivity index (χ4v) is 2.99. The predicted octanol–water partition coefficient (Wildman–Crippen LogP) is 3.03. The zero-order valence-electron chi connectivity index (χ0n) is 14.2. The Balaban J connectivity index is 0.00000243. The van der Waals surface area contributed by atoms with Crippen molar-refractivity contribution in [3.8, 4) is 5.75 Å². The molecule has 1 aromatic carbocycles. The smallest absolute Gasteiger partial charge is 0.264 e. The number of carbonyl (C=O) groups excluding carboxylic acids is 1. The molecule has 1 aliphatic rings. The van der Waals surface area contributed by atoms with Gasteiger partial charge < -0.3 is 10.1 Å². The minimum absolute atomic E-state index is 0. The minimum atomic E-state index is -0.344. The summed E-state index contributed by atoms with van der Waals surface area (Å²) >= 11 is 11.9. The van der Waals surface area contributed by atoms with Crippen LogP contribution in [0, 0.1) is 0 Å². The lowest BCUT2D eigenvalue weighted by Gasteiger charge is -2.19. The lowest BCUT2D eigenvalue weighted by atomic mass is 9.98. The molecule has 0 bridgehead atoms. The van der Waals surface area contributed by atoms with E-state index in [9.17, 15) is 4.79 Å². The summed E-state index contributed by atoms with van der Waals surface area (Å²) in [6.45, 7) is 1.72. The van der Waals surface area contributed by atoms with E-state index in [-0.39, 0.29) is 24.9 Å². The van der Waals surface area contributed by atoms with E-state index in [2.05, 4.69) is 20.7 Å². The highest BCUT2D eigenvalue weighted by Gasteiger charge is 2.21. The van der Waals surface area contributed by atoms with Crippen molar-refractivity contribution in [2.75, 3.05) is 25.0 Å². The minimum Gasteiger partial charge on any atom is -0.482 e. The second-order valence-electron chi connectivity index (χ2n) is 5.85. The zero-order chi connectivity index (χ0) is 17.8. The molecule has 0 atom stereocenters. The summed E-state index contributed by atoms with van der Waals surface area (Å²) in [7, 11) is 1.75. The fraction of sp³-hybridized carbons (Fsp3) is 0.438. The standard InChI is InChI=1S/C16H19Cl2N5O2.ClH/c1-23-16(21-15(22-23)10-4-6-19-7-5-10)20-14(24)9-25-13-8-11(17)2-3-12(13)18;/h2-3,8,10,19H,4-7,9H2,1H3,(H,20,21,22,24);1H. The Morgan fingerprint density at radius 2 is 2.12 bits per heavy atom. The molecule has 0 saturated carbocycles. The third kappa shape index (κ3) is 5.23. The third-order valence-electron chi connectivity index (χ3n) is 3.99. The summed E-state index contributed by atoms with van der Waals surface area (Å²) in [4.78, 5) is 16.6. The summed E-state index contributed by atoms with van der Waals surface area (Å²) in [5.74, 6) is 1.50. The monoisotopic (exact) mass is 419 g/mol. The predicted molar refractivity (Wildman–Crippen MR) is 104 cm³/mol. The third-order valence-corrected chi connectivity index (χ3v) is 4.53. The number of nitrogens with zero attached hydrogens (tertiary/aromatic N) is 3. The van der Waals surface area contributed by atoms with E-state index in [1.807, 2.05) is 0 Å². The van der Waals surface area contributed by atoms with Gasteiger partial charge in [-0.25, -0.2) is 4.68 Å². The first-order chi connectivity index (χ1) is 12.0. The van der Waals surface area contributed by atoms with E-state index < -0.39 is 0 Å². The van der Waals surface area contributed by atoms with Crippen molar-refractivity contribution in [2.45, 2.75) is 18.8 Å². The second-order valence-corrected chi connectivity index (χ2v) is 6.70. The van der Waals surface area contributed by atoms with Crippen molar-refractivity contribution in [1.82, 2.24) is 20.1 Å². The summed E-state index contributed by atoms with van der Waals surface area (Å²) < 4.78 is 6.99. The average Bonchev–Trinajstić information content (AvgIpc) is 2.97. The van der Waals surface area contributed by atoms with Crippen LogP contribution in [0.25, 0.3) is 0 Å². The van der Waals surface area contributed by atoms with Gasteiger partial charge in [0.25, 0.3) is 5.91 Å². The SMILES string of the molecule is Cl.Cn1nc(C2CCNCC2)nc1NC(=O)COc1cc(Cl)ccc1Cl. The topological polar surface area (TPSA) is 81.1 Å². The summed E-state index contributed by atoms with van der Waals surface area (Å²) in [6, 6.07) is 4.83. The van der Waals surface area contributed by atoms with E-state index in [1.165, 1.54) is 0 Å². The van der Waals surface area contributed by atoms with Crippen LogP contribution in [-0.2, 0) is 11.8 Å². The number of carbonyl (C=O) groups is 1. The highest BCUT2D eigenvalue weighted by Crippen LogP contribution is 2.27. The van der Waals surface area contributed by atoms with Crippen molar-refractivity contribution in [3.05, 3.63) is 34.1 Å². The highest BCUT2D eigenvalue weighted by molar-refractivity contribution is 6.34. The van der Waals surface area contributed by atoms with Crippen molar-refractivity contribution in [2.24, 2.45) is 7.05 Å². The van der Waals surface area contributed by atoms with Gasteiger partial charge in [0.1, 0.15) is 5.75 Å². The first kappa shape index (κ1) is 20.8. The number of benzene rings is 1. The Morgan fingerprint density at radius 3 is 2.85 bits per heavy atom. The van der Waals surface area contributed by atoms with Crippen LogP contribution in [0.2, 0.25) is 10.0 Å². The maximum atomic E-state index is 12.1. The summed E-state index contributed by atoms with van der Waals surface area (Å²) in [6.07, 6.45) is 1.99. The Morgan fingerprint density at radius 1 is 1.38 bits per heavy atom. The number of hydrogen-bond donors (Lipinski definition) is 2. The average molecular weight is 421 g/mol. The number of aromatic nitrogens is 3. The number of anilines is 1. The number of nitrogens with one attached hydrogen (secondary N) is 2. The highest BCUT2D eigenvalue weighted by atomic mass is 35.5. The zero-order valence-corrected chi connectivity index (χ0v) is 16.5. The van der Waals surface area contributed by atoms with Crippen LogP contribution in [0.3, 0.4) is 0 Å². The van der Waals surface area contributed by atoms with Gasteiger partial charge in [0.15, 0.2) is 12.4 Å². The van der Waals surface area contributed by atoms with Crippen LogP contribution in [0.5, 0.6) is 5.75 Å². The van der Waals surface area contributed by atoms with Crippen LogP contribution < -0.4 is 15.4 Å². The molecule has 26 heavy (non-hydrogen) atoms. The molecule has 0 unspecified atom stereocenters. The summed E-state index contributed by atoms with van der Waals surface area (Å²) in [5.41, 5.74) is 0. The van der Waals surface area contributed by atoms with E-state index in [0.717, 1.165) is 31.8 Å². The number of ether oxygens (including phenoxy) is 1. The molecule has 1 aromatic heterocycles. The van der Waals surface area contributed by atoms with Crippen LogP contribution >= 0.6 is 35.6 Å². The molecular formula is C16H20Cl3N5O2. The first-order valence-corrected chi connectivity index (χ1v) is 8.78. The van der Waals surface area contributed by atoms with Crippen molar-refractivity contribution in [1.29, 1.82) is 0 Å². The molecule has 2 aromatic rings. The summed E-state index contributed by atoms with van der Waals surface area (Å²) in [5, 5.41) is 11.3. The Bertz CT molecular complexity index is 762. The van der Waals surface area contributed by atoms with Crippen LogP contribution in [-0.4, -0.2) is 40.4 Å². The lowest BCUT2D eigenvalue weighted by Crippen LogP contribution is -2.27. The quantitative estimate of drug-likeness (QED) is 0.777. The molecule has 2 N–H and O–H groups in total. The molecule has 3 rings (SSSR count). The molecule has 142 valence electrons. The maximum Gasteiger partial charge on any atom is 0.264 e. The number of piperidine rings is 1. The van der Waals surface area contributed by atoms with Crippen LogP contribution in [0.4, 0.5) is 5.95 Å². The number of amides is 1. The van der Waals surface area contributed by atoms with Gasteiger partial charge in [-0.1, -0.05) is 23.2 Å². The molecule has 2 heterocycles. The molecule has 7 nitrogen and oxygen atoms in total. The molecule has 0 radical (unpaired) electrons. The second kappa shape index (κ2) is 9.41. The normalized spacial score (nSPS) is 14.6. The Kier molecular flexibility index (Phi) is 7.52. The van der Waals surface area contributed by atoms with Gasteiger partial charge in [-0.3, -0.25) is 10.1 Å². The van der Waals surface area contributed by atoms with Gasteiger partial charge in [0.2, 0.25) is 5.95 Å². The number of rotatable bonds is 5. The van der Waals surface area contributed by atoms with Crippen LogP contribution in [0.1, 0.15) is 24.6 Å². The van der Waals surface area contributed by atoms with Gasteiger partial charge >= 0.3 is 0 Å². The van der Waals surface area contributed by atoms with Gasteiger partial charge in [0, 0.05) is 24.1 Å². The molecule has 1 fully saturated rings. The largest absolute Gasteiger partial charge is 0.482 e. The molecular weight excluding hydrogens is 401 g/mol. The molecule has 1 aliphatic heterocycles. The molecule has 10 heteroatoms. The van der Waals surface area contributed by atoms with E-state index >= 15 is 0 Å². The molecule has 1 saturated heterocycles. The van der Waals surface area contributed by atoms with Gasteiger partial charge in [-0.05, 0) is 38.1 Å².